The first-order chi connectivity index (χ1) is 11.6. The standard InChI is InChI=1S/C21H34O4/c1-9-21(10-2,19(22)24-14-17(7)8)20(23)25-18(13-16(5)6)12-11-15(3)4/h16-18H,3,9-10,13-14H2,1-2,4-8H3. The van der Waals surface area contributed by atoms with E-state index in [1.165, 1.54) is 0 Å². The van der Waals surface area contributed by atoms with Crippen LogP contribution in [-0.4, -0.2) is 24.6 Å². The molecule has 0 radical (unpaired) electrons. The van der Waals surface area contributed by atoms with Crippen molar-refractivity contribution in [3.63, 3.8) is 0 Å². The molecule has 0 aromatic rings. The zero-order valence-electron chi connectivity index (χ0n) is 16.9. The lowest BCUT2D eigenvalue weighted by molar-refractivity contribution is -0.176. The van der Waals surface area contributed by atoms with Crippen LogP contribution in [0.15, 0.2) is 12.2 Å². The first-order valence-electron chi connectivity index (χ1n) is 9.14. The topological polar surface area (TPSA) is 52.6 Å². The van der Waals surface area contributed by atoms with Crippen molar-refractivity contribution in [2.75, 3.05) is 6.61 Å². The van der Waals surface area contributed by atoms with Crippen LogP contribution in [-0.2, 0) is 19.1 Å². The van der Waals surface area contributed by atoms with Crippen LogP contribution in [0.5, 0.6) is 0 Å². The molecule has 0 aliphatic heterocycles. The molecule has 0 aromatic carbocycles. The third kappa shape index (κ3) is 7.77. The van der Waals surface area contributed by atoms with Gasteiger partial charge in [0.05, 0.1) is 6.61 Å². The average molecular weight is 350 g/mol. The molecule has 0 amide bonds. The van der Waals surface area contributed by atoms with Crippen LogP contribution < -0.4 is 0 Å². The van der Waals surface area contributed by atoms with Gasteiger partial charge in [-0.15, -0.1) is 0 Å². The molecule has 142 valence electrons. The van der Waals surface area contributed by atoms with Crippen molar-refractivity contribution < 1.29 is 19.1 Å². The zero-order chi connectivity index (χ0) is 19.6. The van der Waals surface area contributed by atoms with E-state index in [0.29, 0.717) is 37.4 Å². The molecular formula is C21H34O4. The maximum absolute atomic E-state index is 12.8. The molecule has 0 aliphatic rings. The maximum atomic E-state index is 12.8. The van der Waals surface area contributed by atoms with E-state index in [-0.39, 0.29) is 5.92 Å². The molecule has 0 saturated carbocycles. The van der Waals surface area contributed by atoms with E-state index in [2.05, 4.69) is 18.4 Å². The molecule has 0 heterocycles. The monoisotopic (exact) mass is 350 g/mol. The number of carbonyl (C=O) groups excluding carboxylic acids is 2. The second-order valence-electron chi connectivity index (χ2n) is 7.35. The molecule has 1 unspecified atom stereocenters. The summed E-state index contributed by atoms with van der Waals surface area (Å²) in [5.41, 5.74) is -0.562. The molecule has 0 saturated heterocycles. The van der Waals surface area contributed by atoms with E-state index in [1.54, 1.807) is 20.8 Å². The van der Waals surface area contributed by atoms with Gasteiger partial charge in [0.25, 0.3) is 0 Å². The first kappa shape index (κ1) is 23.2. The number of esters is 2. The van der Waals surface area contributed by atoms with Crippen molar-refractivity contribution in [3.8, 4) is 11.8 Å². The van der Waals surface area contributed by atoms with Crippen LogP contribution >= 0.6 is 0 Å². The average Bonchev–Trinajstić information content (AvgIpc) is 2.51. The third-order valence-electron chi connectivity index (χ3n) is 3.92. The van der Waals surface area contributed by atoms with Gasteiger partial charge in [-0.25, -0.2) is 0 Å². The number of allylic oxidation sites excluding steroid dienone is 1. The minimum absolute atomic E-state index is 0.210. The van der Waals surface area contributed by atoms with Gasteiger partial charge >= 0.3 is 11.9 Å². The summed E-state index contributed by atoms with van der Waals surface area (Å²) in [6.07, 6.45) is 0.722. The molecule has 0 N–H and O–H groups in total. The van der Waals surface area contributed by atoms with Crippen LogP contribution in [0, 0.1) is 29.1 Å². The van der Waals surface area contributed by atoms with E-state index in [1.807, 2.05) is 27.7 Å². The summed E-state index contributed by atoms with van der Waals surface area (Å²) in [6.45, 7) is 17.4. The van der Waals surface area contributed by atoms with Gasteiger partial charge in [-0.1, -0.05) is 60.0 Å². The summed E-state index contributed by atoms with van der Waals surface area (Å²) < 4.78 is 11.0. The van der Waals surface area contributed by atoms with Crippen LogP contribution in [0.1, 0.15) is 67.7 Å². The van der Waals surface area contributed by atoms with Crippen molar-refractivity contribution in [2.24, 2.45) is 17.3 Å². The minimum Gasteiger partial charge on any atom is -0.465 e. The molecule has 4 heteroatoms. The summed E-state index contributed by atoms with van der Waals surface area (Å²) in [7, 11) is 0. The molecular weight excluding hydrogens is 316 g/mol. The normalized spacial score (nSPS) is 12.4. The van der Waals surface area contributed by atoms with E-state index in [4.69, 9.17) is 9.47 Å². The molecule has 1 atom stereocenters. The van der Waals surface area contributed by atoms with E-state index in [9.17, 15) is 9.59 Å². The van der Waals surface area contributed by atoms with Crippen molar-refractivity contribution >= 4 is 11.9 Å². The Hall–Kier alpha value is -1.76. The highest BCUT2D eigenvalue weighted by atomic mass is 16.6. The van der Waals surface area contributed by atoms with Crippen LogP contribution in [0.25, 0.3) is 0 Å². The zero-order valence-corrected chi connectivity index (χ0v) is 16.9. The van der Waals surface area contributed by atoms with Crippen LogP contribution in [0.3, 0.4) is 0 Å². The molecule has 0 spiro atoms. The van der Waals surface area contributed by atoms with Crippen LogP contribution in [0.2, 0.25) is 0 Å². The summed E-state index contributed by atoms with van der Waals surface area (Å²) >= 11 is 0. The van der Waals surface area contributed by atoms with Crippen molar-refractivity contribution in [3.05, 3.63) is 12.2 Å². The SMILES string of the molecule is C=C(C)C#CC(CC(C)C)OC(=O)C(CC)(CC)C(=O)OCC(C)C. The lowest BCUT2D eigenvalue weighted by Crippen LogP contribution is -2.43. The van der Waals surface area contributed by atoms with Gasteiger partial charge < -0.3 is 9.47 Å². The molecule has 0 aromatic heterocycles. The smallest absolute Gasteiger partial charge is 0.324 e. The van der Waals surface area contributed by atoms with E-state index < -0.39 is 23.5 Å². The Morgan fingerprint density at radius 2 is 1.60 bits per heavy atom. The van der Waals surface area contributed by atoms with Gasteiger partial charge in [0.15, 0.2) is 11.5 Å². The highest BCUT2D eigenvalue weighted by Gasteiger charge is 2.46. The van der Waals surface area contributed by atoms with Gasteiger partial charge in [-0.2, -0.15) is 0 Å². The van der Waals surface area contributed by atoms with E-state index >= 15 is 0 Å². The predicted octanol–water partition coefficient (Wildman–Crippen LogP) is 4.53. The Labute approximate surface area is 153 Å². The number of ether oxygens (including phenoxy) is 2. The molecule has 25 heavy (non-hydrogen) atoms. The highest BCUT2D eigenvalue weighted by molar-refractivity contribution is 6.00. The summed E-state index contributed by atoms with van der Waals surface area (Å²) in [6, 6.07) is 0. The second kappa shape index (κ2) is 11.0. The Morgan fingerprint density at radius 3 is 2.00 bits per heavy atom. The number of hydrogen-bond donors (Lipinski definition) is 0. The Balaban J connectivity index is 5.38. The molecule has 0 aliphatic carbocycles. The fourth-order valence-electron chi connectivity index (χ4n) is 2.30. The molecule has 0 fully saturated rings. The van der Waals surface area contributed by atoms with Crippen molar-refractivity contribution in [2.45, 2.75) is 73.8 Å². The van der Waals surface area contributed by atoms with Crippen molar-refractivity contribution in [1.82, 2.24) is 0 Å². The largest absolute Gasteiger partial charge is 0.465 e. The third-order valence-corrected chi connectivity index (χ3v) is 3.92. The Morgan fingerprint density at radius 1 is 1.04 bits per heavy atom. The summed E-state index contributed by atoms with van der Waals surface area (Å²) in [5, 5.41) is 0. The second-order valence-corrected chi connectivity index (χ2v) is 7.35. The summed E-state index contributed by atoms with van der Waals surface area (Å²) in [4.78, 5) is 25.4. The molecule has 0 rings (SSSR count). The fraction of sp³-hybridized carbons (Fsp3) is 0.714. The number of rotatable bonds is 9. The van der Waals surface area contributed by atoms with Gasteiger partial charge in [0.2, 0.25) is 0 Å². The van der Waals surface area contributed by atoms with E-state index in [0.717, 1.165) is 0 Å². The number of carbonyl (C=O) groups is 2. The Bertz CT molecular complexity index is 516. The highest BCUT2D eigenvalue weighted by Crippen LogP contribution is 2.31. The number of hydrogen-bond acceptors (Lipinski definition) is 4. The predicted molar refractivity (Wildman–Crippen MR) is 101 cm³/mol. The lowest BCUT2D eigenvalue weighted by Gasteiger charge is -2.29. The lowest BCUT2D eigenvalue weighted by atomic mass is 9.82. The molecule has 0 bridgehead atoms. The van der Waals surface area contributed by atoms with Gasteiger partial charge in [0, 0.05) is 0 Å². The van der Waals surface area contributed by atoms with Gasteiger partial charge in [-0.3, -0.25) is 9.59 Å². The maximum Gasteiger partial charge on any atom is 0.324 e. The van der Waals surface area contributed by atoms with Gasteiger partial charge in [0.1, 0.15) is 0 Å². The molecule has 4 nitrogen and oxygen atoms in total. The minimum atomic E-state index is -1.27. The first-order valence-corrected chi connectivity index (χ1v) is 9.14. The van der Waals surface area contributed by atoms with Crippen LogP contribution in [0.4, 0.5) is 0 Å². The van der Waals surface area contributed by atoms with Gasteiger partial charge in [-0.05, 0) is 43.6 Å². The summed E-state index contributed by atoms with van der Waals surface area (Å²) in [5.74, 6) is 5.28. The van der Waals surface area contributed by atoms with Crippen molar-refractivity contribution in [1.29, 1.82) is 0 Å². The quantitative estimate of drug-likeness (QED) is 0.348. The fourth-order valence-corrected chi connectivity index (χ4v) is 2.30. The Kier molecular flexibility index (Phi) is 10.2.